The molecule has 0 spiro atoms. The number of hydrogen-bond acceptors (Lipinski definition) is 3. The summed E-state index contributed by atoms with van der Waals surface area (Å²) in [4.78, 5) is 22.7. The molecule has 1 aromatic carbocycles. The highest BCUT2D eigenvalue weighted by atomic mass is 19.1. The van der Waals surface area contributed by atoms with E-state index >= 15 is 0 Å². The Morgan fingerprint density at radius 1 is 1.29 bits per heavy atom. The molecule has 92 valence electrons. The number of rotatable bonds is 5. The third kappa shape index (κ3) is 3.96. The maximum absolute atomic E-state index is 12.6. The van der Waals surface area contributed by atoms with Gasteiger partial charge in [0.25, 0.3) is 5.91 Å². The van der Waals surface area contributed by atoms with Crippen molar-refractivity contribution < 1.29 is 14.0 Å². The Bertz CT molecular complexity index is 403. The average molecular weight is 238 g/mol. The average Bonchev–Trinajstić information content (AvgIpc) is 2.30. The van der Waals surface area contributed by atoms with E-state index < -0.39 is 11.9 Å². The van der Waals surface area contributed by atoms with Gasteiger partial charge in [-0.15, -0.1) is 0 Å². The van der Waals surface area contributed by atoms with Gasteiger partial charge < -0.3 is 10.6 Å². The molecule has 1 atom stereocenters. The molecular weight excluding hydrogens is 223 g/mol. The van der Waals surface area contributed by atoms with Crippen molar-refractivity contribution in [2.75, 3.05) is 13.6 Å². The Hall–Kier alpha value is -1.75. The lowest BCUT2D eigenvalue weighted by Gasteiger charge is -2.13. The molecule has 0 radical (unpaired) electrons. The number of likely N-dealkylation sites (N-methyl/N-ethyl adjacent to an activating group) is 1. The lowest BCUT2D eigenvalue weighted by Crippen LogP contribution is -2.43. The number of carbonyl (C=O) groups excluding carboxylic acids is 2. The molecule has 1 amide bonds. The number of halogens is 1. The van der Waals surface area contributed by atoms with Gasteiger partial charge in [0.15, 0.2) is 0 Å². The molecule has 1 aromatic rings. The molecule has 0 saturated carbocycles. The fourth-order valence-electron chi connectivity index (χ4n) is 1.35. The van der Waals surface area contributed by atoms with Crippen LogP contribution >= 0.6 is 0 Å². The fraction of sp³-hybridized carbons (Fsp3) is 0.333. The topological polar surface area (TPSA) is 58.2 Å². The first kappa shape index (κ1) is 13.3. The zero-order chi connectivity index (χ0) is 12.8. The van der Waals surface area contributed by atoms with Crippen molar-refractivity contribution in [1.29, 1.82) is 0 Å². The van der Waals surface area contributed by atoms with Gasteiger partial charge in [-0.2, -0.15) is 0 Å². The van der Waals surface area contributed by atoms with Gasteiger partial charge in [-0.1, -0.05) is 0 Å². The summed E-state index contributed by atoms with van der Waals surface area (Å²) in [5.74, 6) is -0.767. The van der Waals surface area contributed by atoms with E-state index in [1.165, 1.54) is 31.2 Å². The number of carbonyl (C=O) groups is 2. The third-order valence-corrected chi connectivity index (χ3v) is 2.41. The van der Waals surface area contributed by atoms with Gasteiger partial charge >= 0.3 is 0 Å². The van der Waals surface area contributed by atoms with E-state index in [0.29, 0.717) is 5.56 Å². The minimum Gasteiger partial charge on any atom is -0.350 e. The van der Waals surface area contributed by atoms with Gasteiger partial charge in [0.05, 0.1) is 6.04 Å². The SMILES string of the molecule is CNC(CNC(=O)c1ccc(F)cc1)C(C)=O. The summed E-state index contributed by atoms with van der Waals surface area (Å²) in [7, 11) is 1.65. The molecule has 0 saturated heterocycles. The van der Waals surface area contributed by atoms with Crippen molar-refractivity contribution in [3.8, 4) is 0 Å². The number of nitrogens with one attached hydrogen (secondary N) is 2. The van der Waals surface area contributed by atoms with Gasteiger partial charge in [-0.3, -0.25) is 9.59 Å². The van der Waals surface area contributed by atoms with E-state index in [0.717, 1.165) is 0 Å². The number of benzene rings is 1. The van der Waals surface area contributed by atoms with E-state index in [1.54, 1.807) is 7.05 Å². The molecule has 1 rings (SSSR count). The van der Waals surface area contributed by atoms with Crippen LogP contribution in [0.3, 0.4) is 0 Å². The molecule has 4 nitrogen and oxygen atoms in total. The highest BCUT2D eigenvalue weighted by Gasteiger charge is 2.13. The minimum absolute atomic E-state index is 0.0492. The second kappa shape index (κ2) is 6.10. The quantitative estimate of drug-likeness (QED) is 0.795. The highest BCUT2D eigenvalue weighted by molar-refractivity contribution is 5.94. The van der Waals surface area contributed by atoms with Crippen molar-refractivity contribution >= 4 is 11.7 Å². The van der Waals surface area contributed by atoms with E-state index in [2.05, 4.69) is 10.6 Å². The van der Waals surface area contributed by atoms with Crippen molar-refractivity contribution in [1.82, 2.24) is 10.6 Å². The molecular formula is C12H15FN2O2. The summed E-state index contributed by atoms with van der Waals surface area (Å²) in [6.45, 7) is 1.66. The molecule has 1 unspecified atom stereocenters. The fourth-order valence-corrected chi connectivity index (χ4v) is 1.35. The summed E-state index contributed by atoms with van der Waals surface area (Å²) in [5.41, 5.74) is 0.366. The summed E-state index contributed by atoms with van der Waals surface area (Å²) in [6, 6.07) is 4.82. The maximum Gasteiger partial charge on any atom is 0.251 e. The summed E-state index contributed by atoms with van der Waals surface area (Å²) in [5, 5.41) is 5.40. The summed E-state index contributed by atoms with van der Waals surface area (Å²) >= 11 is 0. The first-order valence-corrected chi connectivity index (χ1v) is 5.26. The number of Topliss-reactive ketones (excluding diaryl/α,β-unsaturated/α-hetero) is 1. The highest BCUT2D eigenvalue weighted by Crippen LogP contribution is 2.02. The van der Waals surface area contributed by atoms with Crippen LogP contribution < -0.4 is 10.6 Å². The summed E-state index contributed by atoms with van der Waals surface area (Å²) < 4.78 is 12.6. The zero-order valence-corrected chi connectivity index (χ0v) is 9.79. The van der Waals surface area contributed by atoms with E-state index in [9.17, 15) is 14.0 Å². The second-order valence-electron chi connectivity index (χ2n) is 3.67. The van der Waals surface area contributed by atoms with Gasteiger partial charge in [0.2, 0.25) is 0 Å². The molecule has 17 heavy (non-hydrogen) atoms. The molecule has 0 fully saturated rings. The van der Waals surface area contributed by atoms with Crippen LogP contribution in [0.1, 0.15) is 17.3 Å². The van der Waals surface area contributed by atoms with Crippen molar-refractivity contribution in [3.63, 3.8) is 0 Å². The van der Waals surface area contributed by atoms with Crippen LogP contribution in [0.15, 0.2) is 24.3 Å². The Labute approximate surface area is 99.2 Å². The zero-order valence-electron chi connectivity index (χ0n) is 9.79. The maximum atomic E-state index is 12.6. The normalized spacial score (nSPS) is 11.9. The lowest BCUT2D eigenvalue weighted by atomic mass is 10.2. The lowest BCUT2D eigenvalue weighted by molar-refractivity contribution is -0.118. The molecule has 5 heteroatoms. The van der Waals surface area contributed by atoms with E-state index in [1.807, 2.05) is 0 Å². The monoisotopic (exact) mass is 238 g/mol. The standard InChI is InChI=1S/C12H15FN2O2/c1-8(16)11(14-2)7-15-12(17)9-3-5-10(13)6-4-9/h3-6,11,14H,7H2,1-2H3,(H,15,17). The third-order valence-electron chi connectivity index (χ3n) is 2.41. The first-order chi connectivity index (χ1) is 8.04. The Kier molecular flexibility index (Phi) is 4.78. The van der Waals surface area contributed by atoms with Crippen molar-refractivity contribution in [2.24, 2.45) is 0 Å². The molecule has 0 aromatic heterocycles. The van der Waals surface area contributed by atoms with Crippen LogP contribution in [-0.4, -0.2) is 31.3 Å². The Morgan fingerprint density at radius 2 is 1.88 bits per heavy atom. The first-order valence-electron chi connectivity index (χ1n) is 5.26. The summed E-state index contributed by atoms with van der Waals surface area (Å²) in [6.07, 6.45) is 0. The molecule has 0 bridgehead atoms. The molecule has 2 N–H and O–H groups in total. The van der Waals surface area contributed by atoms with E-state index in [-0.39, 0.29) is 18.2 Å². The molecule has 0 aliphatic heterocycles. The van der Waals surface area contributed by atoms with Gasteiger partial charge in [-0.05, 0) is 38.2 Å². The van der Waals surface area contributed by atoms with Crippen LogP contribution in [0.25, 0.3) is 0 Å². The predicted molar refractivity (Wildman–Crippen MR) is 62.3 cm³/mol. The second-order valence-corrected chi connectivity index (χ2v) is 3.67. The van der Waals surface area contributed by atoms with Crippen LogP contribution in [0.4, 0.5) is 4.39 Å². The predicted octanol–water partition coefficient (Wildman–Crippen LogP) is 0.732. The van der Waals surface area contributed by atoms with Crippen molar-refractivity contribution in [3.05, 3.63) is 35.6 Å². The van der Waals surface area contributed by atoms with Crippen molar-refractivity contribution in [2.45, 2.75) is 13.0 Å². The number of ketones is 1. The Morgan fingerprint density at radius 3 is 2.35 bits per heavy atom. The smallest absolute Gasteiger partial charge is 0.251 e. The van der Waals surface area contributed by atoms with Crippen LogP contribution in [0, 0.1) is 5.82 Å². The Balaban J connectivity index is 2.55. The largest absolute Gasteiger partial charge is 0.350 e. The van der Waals surface area contributed by atoms with Crippen LogP contribution in [0.5, 0.6) is 0 Å². The van der Waals surface area contributed by atoms with Crippen LogP contribution in [-0.2, 0) is 4.79 Å². The van der Waals surface area contributed by atoms with Crippen LogP contribution in [0.2, 0.25) is 0 Å². The number of amides is 1. The molecule has 0 aliphatic carbocycles. The number of hydrogen-bond donors (Lipinski definition) is 2. The molecule has 0 heterocycles. The van der Waals surface area contributed by atoms with E-state index in [4.69, 9.17) is 0 Å². The van der Waals surface area contributed by atoms with Gasteiger partial charge in [-0.25, -0.2) is 4.39 Å². The molecule has 0 aliphatic rings. The van der Waals surface area contributed by atoms with Gasteiger partial charge in [0, 0.05) is 12.1 Å². The van der Waals surface area contributed by atoms with Gasteiger partial charge in [0.1, 0.15) is 11.6 Å². The minimum atomic E-state index is -0.403.